The Kier molecular flexibility index (Phi) is 10.9. The van der Waals surface area contributed by atoms with Gasteiger partial charge in [-0.05, 0) is 42.5 Å². The van der Waals surface area contributed by atoms with Crippen LogP contribution in [0.4, 0.5) is 0 Å². The fraction of sp³-hybridized carbons (Fsp3) is 0.312. The van der Waals surface area contributed by atoms with Crippen LogP contribution in [0.15, 0.2) is 91.0 Å². The number of amides is 2. The van der Waals surface area contributed by atoms with E-state index >= 15 is 0 Å². The summed E-state index contributed by atoms with van der Waals surface area (Å²) in [6, 6.07) is 25.5. The van der Waals surface area contributed by atoms with Gasteiger partial charge in [-0.15, -0.1) is 0 Å². The molecule has 0 radical (unpaired) electrons. The van der Waals surface area contributed by atoms with Crippen molar-refractivity contribution in [3.8, 4) is 5.75 Å². The van der Waals surface area contributed by atoms with Crippen LogP contribution < -0.4 is 10.1 Å². The van der Waals surface area contributed by atoms with E-state index in [4.69, 9.17) is 14.2 Å². The number of esters is 2. The summed E-state index contributed by atoms with van der Waals surface area (Å²) in [4.78, 5) is 53.1. The number of likely N-dealkylation sites (tertiary alicyclic amines) is 1. The largest absolute Gasteiger partial charge is 0.484 e. The molecule has 1 aliphatic heterocycles. The van der Waals surface area contributed by atoms with Gasteiger partial charge < -0.3 is 24.4 Å². The maximum Gasteiger partial charge on any atom is 0.328 e. The molecule has 1 heterocycles. The summed E-state index contributed by atoms with van der Waals surface area (Å²) in [5.41, 5.74) is 1.63. The molecule has 2 atom stereocenters. The van der Waals surface area contributed by atoms with Gasteiger partial charge in [0.25, 0.3) is 5.91 Å². The zero-order valence-electron chi connectivity index (χ0n) is 22.8. The highest BCUT2D eigenvalue weighted by Crippen LogP contribution is 2.19. The summed E-state index contributed by atoms with van der Waals surface area (Å²) in [6.45, 7) is 0.336. The molecule has 9 heteroatoms. The van der Waals surface area contributed by atoms with Crippen LogP contribution in [0.1, 0.15) is 36.8 Å². The SMILES string of the molecule is O=C(CC[C@H](NC(=O)[C@H]1CCCN1C(=O)COc1ccccc1)C(=O)OCc1ccccc1)OCc1ccccc1. The average Bonchev–Trinajstić information content (AvgIpc) is 3.52. The van der Waals surface area contributed by atoms with E-state index in [1.807, 2.05) is 66.7 Å². The van der Waals surface area contributed by atoms with E-state index in [0.29, 0.717) is 25.1 Å². The predicted molar refractivity (Wildman–Crippen MR) is 150 cm³/mol. The van der Waals surface area contributed by atoms with Gasteiger partial charge in [0.05, 0.1) is 0 Å². The Labute approximate surface area is 239 Å². The van der Waals surface area contributed by atoms with Crippen molar-refractivity contribution >= 4 is 23.8 Å². The molecule has 0 saturated carbocycles. The van der Waals surface area contributed by atoms with Crippen LogP contribution in [0, 0.1) is 0 Å². The number of nitrogens with zero attached hydrogens (tertiary/aromatic N) is 1. The lowest BCUT2D eigenvalue weighted by Crippen LogP contribution is -2.52. The standard InChI is InChI=1S/C32H34N2O7/c35-29(23-39-26-15-8-3-9-16-26)34-20-10-17-28(34)31(37)33-27(32(38)41-22-25-13-6-2-7-14-25)18-19-30(36)40-21-24-11-4-1-5-12-24/h1-9,11-16,27-28H,10,17-23H2,(H,33,37)/t27-,28+/m0/s1. The number of nitrogens with one attached hydrogen (secondary N) is 1. The Hall–Kier alpha value is -4.66. The van der Waals surface area contributed by atoms with E-state index in [1.54, 1.807) is 24.3 Å². The van der Waals surface area contributed by atoms with Crippen LogP contribution in [0.2, 0.25) is 0 Å². The zero-order chi connectivity index (χ0) is 28.9. The maximum atomic E-state index is 13.3. The highest BCUT2D eigenvalue weighted by atomic mass is 16.5. The molecule has 1 saturated heterocycles. The molecule has 1 N–H and O–H groups in total. The van der Waals surface area contributed by atoms with Crippen LogP contribution in [0.3, 0.4) is 0 Å². The molecule has 9 nitrogen and oxygen atoms in total. The monoisotopic (exact) mass is 558 g/mol. The lowest BCUT2D eigenvalue weighted by atomic mass is 10.1. The quantitative estimate of drug-likeness (QED) is 0.318. The van der Waals surface area contributed by atoms with Crippen molar-refractivity contribution in [3.63, 3.8) is 0 Å². The van der Waals surface area contributed by atoms with E-state index in [2.05, 4.69) is 5.32 Å². The van der Waals surface area contributed by atoms with E-state index in [0.717, 1.165) is 11.1 Å². The third-order valence-corrected chi connectivity index (χ3v) is 6.69. The van der Waals surface area contributed by atoms with E-state index in [9.17, 15) is 19.2 Å². The molecule has 4 rings (SSSR count). The third kappa shape index (κ3) is 9.20. The van der Waals surface area contributed by atoms with E-state index < -0.39 is 29.9 Å². The fourth-order valence-corrected chi connectivity index (χ4v) is 4.50. The third-order valence-electron chi connectivity index (χ3n) is 6.69. The topological polar surface area (TPSA) is 111 Å². The molecule has 0 unspecified atom stereocenters. The van der Waals surface area contributed by atoms with Gasteiger partial charge in [0.2, 0.25) is 5.91 Å². The number of hydrogen-bond acceptors (Lipinski definition) is 7. The Morgan fingerprint density at radius 1 is 0.805 bits per heavy atom. The van der Waals surface area contributed by atoms with Crippen LogP contribution in [-0.2, 0) is 41.9 Å². The number of ether oxygens (including phenoxy) is 3. The molecule has 3 aromatic rings. The smallest absolute Gasteiger partial charge is 0.328 e. The first kappa shape index (κ1) is 29.3. The summed E-state index contributed by atoms with van der Waals surface area (Å²) in [5.74, 6) is -1.41. The lowest BCUT2D eigenvalue weighted by molar-refractivity contribution is -0.151. The highest BCUT2D eigenvalue weighted by Gasteiger charge is 2.36. The van der Waals surface area contributed by atoms with Crippen molar-refractivity contribution in [2.75, 3.05) is 13.2 Å². The summed E-state index contributed by atoms with van der Waals surface area (Å²) < 4.78 is 16.4. The summed E-state index contributed by atoms with van der Waals surface area (Å²) in [6.07, 6.45) is 0.985. The minimum atomic E-state index is -1.09. The molecule has 0 bridgehead atoms. The molecule has 214 valence electrons. The van der Waals surface area contributed by atoms with Crippen molar-refractivity contribution in [1.82, 2.24) is 10.2 Å². The van der Waals surface area contributed by atoms with Crippen molar-refractivity contribution in [2.45, 2.75) is 51.0 Å². The van der Waals surface area contributed by atoms with Gasteiger partial charge in [-0.3, -0.25) is 14.4 Å². The van der Waals surface area contributed by atoms with Gasteiger partial charge in [0.15, 0.2) is 6.61 Å². The van der Waals surface area contributed by atoms with Crippen LogP contribution in [0.25, 0.3) is 0 Å². The number of hydrogen-bond donors (Lipinski definition) is 1. The first-order chi connectivity index (χ1) is 20.0. The Morgan fingerprint density at radius 3 is 2.02 bits per heavy atom. The first-order valence-corrected chi connectivity index (χ1v) is 13.7. The molecule has 2 amide bonds. The van der Waals surface area contributed by atoms with Gasteiger partial charge in [0.1, 0.15) is 31.0 Å². The van der Waals surface area contributed by atoms with Gasteiger partial charge in [-0.25, -0.2) is 4.79 Å². The number of rotatable bonds is 13. The second-order valence-electron chi connectivity index (χ2n) is 9.69. The predicted octanol–water partition coefficient (Wildman–Crippen LogP) is 3.81. The Morgan fingerprint density at radius 2 is 1.39 bits per heavy atom. The summed E-state index contributed by atoms with van der Waals surface area (Å²) in [5, 5.41) is 2.73. The maximum absolute atomic E-state index is 13.3. The second-order valence-corrected chi connectivity index (χ2v) is 9.69. The zero-order valence-corrected chi connectivity index (χ0v) is 22.8. The molecule has 1 fully saturated rings. The molecule has 0 aliphatic carbocycles. The van der Waals surface area contributed by atoms with E-state index in [-0.39, 0.29) is 38.6 Å². The molecule has 0 aromatic heterocycles. The number of para-hydroxylation sites is 1. The number of benzene rings is 3. The average molecular weight is 559 g/mol. The summed E-state index contributed by atoms with van der Waals surface area (Å²) in [7, 11) is 0. The lowest BCUT2D eigenvalue weighted by Gasteiger charge is -2.26. The van der Waals surface area contributed by atoms with Gasteiger partial charge in [0, 0.05) is 13.0 Å². The second kappa shape index (κ2) is 15.2. The molecular formula is C32H34N2O7. The van der Waals surface area contributed by atoms with Crippen molar-refractivity contribution < 1.29 is 33.4 Å². The fourth-order valence-electron chi connectivity index (χ4n) is 4.50. The summed E-state index contributed by atoms with van der Waals surface area (Å²) >= 11 is 0. The Balaban J connectivity index is 1.35. The molecular weight excluding hydrogens is 524 g/mol. The van der Waals surface area contributed by atoms with Crippen LogP contribution >= 0.6 is 0 Å². The number of carbonyl (C=O) groups is 4. The van der Waals surface area contributed by atoms with Gasteiger partial charge in [-0.1, -0.05) is 78.9 Å². The molecule has 3 aromatic carbocycles. The normalized spacial score (nSPS) is 15.0. The van der Waals surface area contributed by atoms with Crippen molar-refractivity contribution in [2.24, 2.45) is 0 Å². The minimum absolute atomic E-state index is 0.00916. The van der Waals surface area contributed by atoms with E-state index in [1.165, 1.54) is 4.90 Å². The van der Waals surface area contributed by atoms with Crippen molar-refractivity contribution in [1.29, 1.82) is 0 Å². The highest BCUT2D eigenvalue weighted by molar-refractivity contribution is 5.91. The van der Waals surface area contributed by atoms with Crippen LogP contribution in [-0.4, -0.2) is 53.9 Å². The van der Waals surface area contributed by atoms with Gasteiger partial charge in [-0.2, -0.15) is 0 Å². The minimum Gasteiger partial charge on any atom is -0.484 e. The molecule has 0 spiro atoms. The van der Waals surface area contributed by atoms with Crippen LogP contribution in [0.5, 0.6) is 5.75 Å². The first-order valence-electron chi connectivity index (χ1n) is 13.7. The number of carbonyl (C=O) groups excluding carboxylic acids is 4. The van der Waals surface area contributed by atoms with Crippen molar-refractivity contribution in [3.05, 3.63) is 102 Å². The Bertz CT molecular complexity index is 1290. The molecule has 1 aliphatic rings. The van der Waals surface area contributed by atoms with Gasteiger partial charge >= 0.3 is 11.9 Å². The molecule has 41 heavy (non-hydrogen) atoms.